The molecule has 2 heterocycles. The highest BCUT2D eigenvalue weighted by atomic mass is 15.5. The quantitative estimate of drug-likeness (QED) is 0.238. The smallest absolute Gasteiger partial charge is 0.121 e. The Bertz CT molecular complexity index is 1860. The first-order valence-corrected chi connectivity index (χ1v) is 13.0. The Kier molecular flexibility index (Phi) is 5.76. The van der Waals surface area contributed by atoms with Crippen LogP contribution in [0.3, 0.4) is 0 Å². The van der Waals surface area contributed by atoms with E-state index in [0.29, 0.717) is 0 Å². The third-order valence-corrected chi connectivity index (χ3v) is 7.01. The van der Waals surface area contributed by atoms with Crippen molar-refractivity contribution >= 4 is 11.0 Å². The Morgan fingerprint density at radius 2 is 0.897 bits per heavy atom. The van der Waals surface area contributed by atoms with E-state index in [1.807, 2.05) is 24.3 Å². The summed E-state index contributed by atoms with van der Waals surface area (Å²) < 4.78 is 0. The standard InChI is InChI=1S/C35H24N4/c1-3-7-25(8-4-1)27-11-13-29(14-12-27)31-23-33(30-17-15-28(16-18-30)26-9-5-2-6-10-26)35-34(24-31)37-39(38-35)32-19-21-36-22-20-32/h1-24H. The first kappa shape index (κ1) is 22.8. The van der Waals surface area contributed by atoms with Gasteiger partial charge in [0.2, 0.25) is 0 Å². The van der Waals surface area contributed by atoms with E-state index < -0.39 is 0 Å². The number of rotatable bonds is 5. The molecule has 4 nitrogen and oxygen atoms in total. The maximum atomic E-state index is 4.91. The van der Waals surface area contributed by atoms with E-state index in [-0.39, 0.29) is 0 Å². The zero-order valence-corrected chi connectivity index (χ0v) is 21.1. The Labute approximate surface area is 226 Å². The number of nitrogens with zero attached hydrogens (tertiary/aromatic N) is 4. The highest BCUT2D eigenvalue weighted by molar-refractivity contribution is 5.96. The Morgan fingerprint density at radius 3 is 1.46 bits per heavy atom. The minimum absolute atomic E-state index is 0.846. The van der Waals surface area contributed by atoms with Gasteiger partial charge in [0.15, 0.2) is 0 Å². The number of fused-ring (bicyclic) bond motifs is 1. The van der Waals surface area contributed by atoms with Crippen LogP contribution in [0.2, 0.25) is 0 Å². The summed E-state index contributed by atoms with van der Waals surface area (Å²) in [5, 5.41) is 9.77. The summed E-state index contributed by atoms with van der Waals surface area (Å²) in [7, 11) is 0. The minimum atomic E-state index is 0.846. The van der Waals surface area contributed by atoms with E-state index >= 15 is 0 Å². The molecule has 184 valence electrons. The van der Waals surface area contributed by atoms with Crippen LogP contribution >= 0.6 is 0 Å². The number of hydrogen-bond acceptors (Lipinski definition) is 3. The van der Waals surface area contributed by atoms with Gasteiger partial charge < -0.3 is 0 Å². The summed E-state index contributed by atoms with van der Waals surface area (Å²) >= 11 is 0. The van der Waals surface area contributed by atoms with Gasteiger partial charge in [-0.3, -0.25) is 4.98 Å². The van der Waals surface area contributed by atoms with Crippen LogP contribution in [0, 0.1) is 0 Å². The van der Waals surface area contributed by atoms with Crippen molar-refractivity contribution < 1.29 is 0 Å². The highest BCUT2D eigenvalue weighted by Crippen LogP contribution is 2.35. The van der Waals surface area contributed by atoms with Crippen molar-refractivity contribution in [2.45, 2.75) is 0 Å². The molecule has 0 aliphatic carbocycles. The van der Waals surface area contributed by atoms with Crippen molar-refractivity contribution in [1.82, 2.24) is 20.0 Å². The molecule has 0 fully saturated rings. The van der Waals surface area contributed by atoms with E-state index in [2.05, 4.69) is 114 Å². The van der Waals surface area contributed by atoms with E-state index in [9.17, 15) is 0 Å². The molecule has 0 saturated carbocycles. The van der Waals surface area contributed by atoms with Gasteiger partial charge in [-0.05, 0) is 63.2 Å². The van der Waals surface area contributed by atoms with E-state index in [1.165, 1.54) is 22.3 Å². The van der Waals surface area contributed by atoms with Crippen LogP contribution in [0.25, 0.3) is 61.2 Å². The normalized spacial score (nSPS) is 11.1. The summed E-state index contributed by atoms with van der Waals surface area (Å²) in [5.74, 6) is 0. The van der Waals surface area contributed by atoms with E-state index in [0.717, 1.165) is 39.0 Å². The average Bonchev–Trinajstić information content (AvgIpc) is 3.47. The molecule has 2 aromatic heterocycles. The van der Waals surface area contributed by atoms with Gasteiger partial charge in [-0.15, -0.1) is 10.2 Å². The van der Waals surface area contributed by atoms with E-state index in [4.69, 9.17) is 10.2 Å². The van der Waals surface area contributed by atoms with Gasteiger partial charge in [0.05, 0.1) is 5.69 Å². The molecule has 7 rings (SSSR count). The molecule has 0 aliphatic rings. The molecular formula is C35H24N4. The van der Waals surface area contributed by atoms with Crippen LogP contribution in [0.15, 0.2) is 146 Å². The lowest BCUT2D eigenvalue weighted by atomic mass is 9.95. The van der Waals surface area contributed by atoms with Gasteiger partial charge in [0, 0.05) is 18.0 Å². The third kappa shape index (κ3) is 4.49. The fourth-order valence-electron chi connectivity index (χ4n) is 4.96. The zero-order chi connectivity index (χ0) is 26.0. The lowest BCUT2D eigenvalue weighted by Gasteiger charge is -2.09. The summed E-state index contributed by atoms with van der Waals surface area (Å²) in [6, 6.07) is 46.5. The second-order valence-electron chi connectivity index (χ2n) is 9.47. The van der Waals surface area contributed by atoms with Gasteiger partial charge >= 0.3 is 0 Å². The Hall–Kier alpha value is -5.35. The largest absolute Gasteiger partial charge is 0.265 e. The second kappa shape index (κ2) is 9.84. The number of benzene rings is 5. The van der Waals surface area contributed by atoms with Gasteiger partial charge in [0.1, 0.15) is 11.0 Å². The zero-order valence-electron chi connectivity index (χ0n) is 21.1. The van der Waals surface area contributed by atoms with Gasteiger partial charge in [-0.2, -0.15) is 4.80 Å². The SMILES string of the molecule is c1ccc(-c2ccc(-c3cc(-c4ccc(-c5ccccc5)cc4)c4nn(-c5ccncc5)nc4c3)cc2)cc1. The molecule has 0 radical (unpaired) electrons. The topological polar surface area (TPSA) is 43.6 Å². The van der Waals surface area contributed by atoms with Crippen LogP contribution < -0.4 is 0 Å². The molecule has 0 amide bonds. The first-order chi connectivity index (χ1) is 19.3. The fourth-order valence-corrected chi connectivity index (χ4v) is 4.96. The molecule has 0 bridgehead atoms. The molecule has 4 heteroatoms. The molecule has 0 atom stereocenters. The lowest BCUT2D eigenvalue weighted by molar-refractivity contribution is 0.764. The van der Waals surface area contributed by atoms with Gasteiger partial charge in [-0.1, -0.05) is 109 Å². The first-order valence-electron chi connectivity index (χ1n) is 13.0. The third-order valence-electron chi connectivity index (χ3n) is 7.01. The predicted molar refractivity (Wildman–Crippen MR) is 158 cm³/mol. The van der Waals surface area contributed by atoms with Gasteiger partial charge in [-0.25, -0.2) is 0 Å². The summed E-state index contributed by atoms with van der Waals surface area (Å²) in [6.45, 7) is 0. The number of hydrogen-bond donors (Lipinski definition) is 0. The average molecular weight is 501 g/mol. The maximum absolute atomic E-state index is 4.91. The van der Waals surface area contributed by atoms with Crippen LogP contribution in [-0.2, 0) is 0 Å². The van der Waals surface area contributed by atoms with E-state index in [1.54, 1.807) is 17.2 Å². The van der Waals surface area contributed by atoms with Gasteiger partial charge in [0.25, 0.3) is 0 Å². The van der Waals surface area contributed by atoms with Crippen molar-refractivity contribution in [3.63, 3.8) is 0 Å². The Balaban J connectivity index is 1.35. The minimum Gasteiger partial charge on any atom is -0.265 e. The molecule has 0 N–H and O–H groups in total. The highest BCUT2D eigenvalue weighted by Gasteiger charge is 2.14. The second-order valence-corrected chi connectivity index (χ2v) is 9.47. The number of aromatic nitrogens is 4. The summed E-state index contributed by atoms with van der Waals surface area (Å²) in [6.07, 6.45) is 3.51. The van der Waals surface area contributed by atoms with Crippen molar-refractivity contribution in [2.75, 3.05) is 0 Å². The molecular weight excluding hydrogens is 476 g/mol. The van der Waals surface area contributed by atoms with Crippen molar-refractivity contribution in [2.24, 2.45) is 0 Å². The van der Waals surface area contributed by atoms with Crippen LogP contribution in [0.5, 0.6) is 0 Å². The molecule has 7 aromatic rings. The van der Waals surface area contributed by atoms with Crippen LogP contribution in [0.4, 0.5) is 0 Å². The molecule has 5 aromatic carbocycles. The Morgan fingerprint density at radius 1 is 0.410 bits per heavy atom. The lowest BCUT2D eigenvalue weighted by Crippen LogP contribution is -1.97. The fraction of sp³-hybridized carbons (Fsp3) is 0. The van der Waals surface area contributed by atoms with Crippen LogP contribution in [-0.4, -0.2) is 20.0 Å². The molecule has 0 saturated heterocycles. The molecule has 0 aliphatic heterocycles. The van der Waals surface area contributed by atoms with Crippen LogP contribution in [0.1, 0.15) is 0 Å². The maximum Gasteiger partial charge on any atom is 0.121 e. The summed E-state index contributed by atoms with van der Waals surface area (Å²) in [4.78, 5) is 5.83. The molecule has 0 spiro atoms. The summed E-state index contributed by atoms with van der Waals surface area (Å²) in [5.41, 5.74) is 11.8. The molecule has 0 unspecified atom stereocenters. The van der Waals surface area contributed by atoms with Crippen molar-refractivity contribution in [1.29, 1.82) is 0 Å². The monoisotopic (exact) mass is 500 g/mol. The molecule has 39 heavy (non-hydrogen) atoms. The number of pyridine rings is 1. The van der Waals surface area contributed by atoms with Crippen molar-refractivity contribution in [3.8, 4) is 50.2 Å². The van der Waals surface area contributed by atoms with Crippen molar-refractivity contribution in [3.05, 3.63) is 146 Å². The predicted octanol–water partition coefficient (Wildman–Crippen LogP) is 8.48.